The van der Waals surface area contributed by atoms with Crippen LogP contribution >= 0.6 is 11.6 Å². The SMILES string of the molecule is N#Cc1cc(OCc2ccccc2Cl)ccn1. The number of ether oxygens (including phenoxy) is 1. The van der Waals surface area contributed by atoms with E-state index in [0.717, 1.165) is 5.56 Å². The molecule has 0 aliphatic heterocycles. The van der Waals surface area contributed by atoms with Crippen LogP contribution in [0.3, 0.4) is 0 Å². The summed E-state index contributed by atoms with van der Waals surface area (Å²) in [4.78, 5) is 3.86. The van der Waals surface area contributed by atoms with Gasteiger partial charge in [0.25, 0.3) is 0 Å². The lowest BCUT2D eigenvalue weighted by Crippen LogP contribution is -1.96. The van der Waals surface area contributed by atoms with Crippen LogP contribution in [0.4, 0.5) is 0 Å². The molecule has 0 aliphatic carbocycles. The quantitative estimate of drug-likeness (QED) is 0.833. The molecule has 0 atom stereocenters. The highest BCUT2D eigenvalue weighted by Crippen LogP contribution is 2.18. The van der Waals surface area contributed by atoms with Crippen molar-refractivity contribution in [1.82, 2.24) is 4.98 Å². The Balaban J connectivity index is 2.08. The summed E-state index contributed by atoms with van der Waals surface area (Å²) < 4.78 is 5.54. The van der Waals surface area contributed by atoms with E-state index in [9.17, 15) is 0 Å². The fraction of sp³-hybridized carbons (Fsp3) is 0.0769. The highest BCUT2D eigenvalue weighted by atomic mass is 35.5. The summed E-state index contributed by atoms with van der Waals surface area (Å²) >= 11 is 6.00. The van der Waals surface area contributed by atoms with Gasteiger partial charge in [-0.3, -0.25) is 0 Å². The van der Waals surface area contributed by atoms with Crippen molar-refractivity contribution in [3.05, 3.63) is 58.9 Å². The number of nitrogens with zero attached hydrogens (tertiary/aromatic N) is 2. The second-order valence-corrected chi connectivity index (χ2v) is 3.78. The predicted molar refractivity (Wildman–Crippen MR) is 64.7 cm³/mol. The van der Waals surface area contributed by atoms with E-state index < -0.39 is 0 Å². The lowest BCUT2D eigenvalue weighted by atomic mass is 10.2. The van der Waals surface area contributed by atoms with Crippen molar-refractivity contribution in [2.24, 2.45) is 0 Å². The summed E-state index contributed by atoms with van der Waals surface area (Å²) in [6.45, 7) is 0.370. The number of pyridine rings is 1. The second-order valence-electron chi connectivity index (χ2n) is 3.37. The predicted octanol–water partition coefficient (Wildman–Crippen LogP) is 3.19. The Hall–Kier alpha value is -2.05. The maximum atomic E-state index is 8.70. The van der Waals surface area contributed by atoms with Crippen molar-refractivity contribution in [3.63, 3.8) is 0 Å². The van der Waals surface area contributed by atoms with Gasteiger partial charge in [-0.05, 0) is 12.1 Å². The molecule has 0 saturated carbocycles. The van der Waals surface area contributed by atoms with Crippen LogP contribution < -0.4 is 4.74 Å². The van der Waals surface area contributed by atoms with Gasteiger partial charge in [-0.1, -0.05) is 29.8 Å². The molecule has 2 rings (SSSR count). The monoisotopic (exact) mass is 244 g/mol. The summed E-state index contributed by atoms with van der Waals surface area (Å²) in [5.41, 5.74) is 1.24. The molecule has 0 saturated heterocycles. The van der Waals surface area contributed by atoms with E-state index in [4.69, 9.17) is 21.6 Å². The molecule has 0 aliphatic rings. The summed E-state index contributed by atoms with van der Waals surface area (Å²) in [7, 11) is 0. The number of aromatic nitrogens is 1. The first-order valence-electron chi connectivity index (χ1n) is 5.02. The van der Waals surface area contributed by atoms with Crippen LogP contribution in [0.5, 0.6) is 5.75 Å². The third-order valence-corrected chi connectivity index (χ3v) is 2.57. The largest absolute Gasteiger partial charge is 0.489 e. The molecule has 0 fully saturated rings. The zero-order valence-electron chi connectivity index (χ0n) is 8.93. The Labute approximate surface area is 104 Å². The number of hydrogen-bond donors (Lipinski definition) is 0. The first-order chi connectivity index (χ1) is 8.29. The molecule has 2 aromatic rings. The Morgan fingerprint density at radius 2 is 2.12 bits per heavy atom. The zero-order valence-corrected chi connectivity index (χ0v) is 9.69. The van der Waals surface area contributed by atoms with Crippen molar-refractivity contribution in [1.29, 1.82) is 5.26 Å². The van der Waals surface area contributed by atoms with E-state index in [-0.39, 0.29) is 0 Å². The van der Waals surface area contributed by atoms with Gasteiger partial charge >= 0.3 is 0 Å². The van der Waals surface area contributed by atoms with Crippen LogP contribution in [0.2, 0.25) is 5.02 Å². The van der Waals surface area contributed by atoms with Gasteiger partial charge < -0.3 is 4.74 Å². The van der Waals surface area contributed by atoms with Gasteiger partial charge in [0.2, 0.25) is 0 Å². The molecule has 0 bridgehead atoms. The average molecular weight is 245 g/mol. The standard InChI is InChI=1S/C13H9ClN2O/c14-13-4-2-1-3-10(13)9-17-12-5-6-16-11(7-12)8-15/h1-7H,9H2. The summed E-state index contributed by atoms with van der Waals surface area (Å²) in [5, 5.41) is 9.37. The van der Waals surface area contributed by atoms with Crippen molar-refractivity contribution < 1.29 is 4.74 Å². The smallest absolute Gasteiger partial charge is 0.144 e. The fourth-order valence-corrected chi connectivity index (χ4v) is 1.53. The number of rotatable bonds is 3. The van der Waals surface area contributed by atoms with Gasteiger partial charge in [0.15, 0.2) is 0 Å². The first-order valence-corrected chi connectivity index (χ1v) is 5.40. The van der Waals surface area contributed by atoms with Gasteiger partial charge in [-0.25, -0.2) is 4.98 Å². The van der Waals surface area contributed by atoms with Crippen LogP contribution in [0.15, 0.2) is 42.6 Å². The molecule has 84 valence electrons. The van der Waals surface area contributed by atoms with Crippen molar-refractivity contribution in [2.45, 2.75) is 6.61 Å². The summed E-state index contributed by atoms with van der Waals surface area (Å²) in [5.74, 6) is 0.608. The van der Waals surface area contributed by atoms with Gasteiger partial charge in [-0.2, -0.15) is 5.26 Å². The molecule has 1 aromatic heterocycles. The van der Waals surface area contributed by atoms with E-state index in [1.54, 1.807) is 18.3 Å². The molecule has 1 aromatic carbocycles. The molecule has 4 heteroatoms. The Morgan fingerprint density at radius 3 is 2.88 bits per heavy atom. The maximum Gasteiger partial charge on any atom is 0.144 e. The average Bonchev–Trinajstić information content (AvgIpc) is 2.38. The highest BCUT2D eigenvalue weighted by molar-refractivity contribution is 6.31. The van der Waals surface area contributed by atoms with E-state index in [1.165, 1.54) is 0 Å². The molecule has 0 amide bonds. The fourth-order valence-electron chi connectivity index (χ4n) is 1.34. The first kappa shape index (κ1) is 11.4. The molecule has 0 unspecified atom stereocenters. The van der Waals surface area contributed by atoms with Gasteiger partial charge in [0, 0.05) is 22.8 Å². The molecule has 0 radical (unpaired) electrons. The molecule has 3 nitrogen and oxygen atoms in total. The highest BCUT2D eigenvalue weighted by Gasteiger charge is 2.01. The maximum absolute atomic E-state index is 8.70. The van der Waals surface area contributed by atoms with Crippen molar-refractivity contribution in [2.75, 3.05) is 0 Å². The third kappa shape index (κ3) is 2.96. The molecular weight excluding hydrogens is 236 g/mol. The summed E-state index contributed by atoms with van der Waals surface area (Å²) in [6, 6.07) is 12.7. The van der Waals surface area contributed by atoms with Gasteiger partial charge in [0.05, 0.1) is 0 Å². The van der Waals surface area contributed by atoms with E-state index in [1.807, 2.05) is 30.3 Å². The Bertz CT molecular complexity index is 563. The number of hydrogen-bond acceptors (Lipinski definition) is 3. The number of benzene rings is 1. The minimum absolute atomic E-state index is 0.335. The van der Waals surface area contributed by atoms with Gasteiger partial charge in [0.1, 0.15) is 24.1 Å². The van der Waals surface area contributed by atoms with Crippen molar-refractivity contribution in [3.8, 4) is 11.8 Å². The van der Waals surface area contributed by atoms with Crippen LogP contribution in [0.25, 0.3) is 0 Å². The number of nitriles is 1. The molecule has 0 spiro atoms. The summed E-state index contributed by atoms with van der Waals surface area (Å²) in [6.07, 6.45) is 1.54. The van der Waals surface area contributed by atoms with Crippen LogP contribution in [0.1, 0.15) is 11.3 Å². The molecule has 1 heterocycles. The van der Waals surface area contributed by atoms with E-state index in [2.05, 4.69) is 4.98 Å². The number of halogens is 1. The van der Waals surface area contributed by atoms with Crippen LogP contribution in [-0.2, 0) is 6.61 Å². The lowest BCUT2D eigenvalue weighted by molar-refractivity contribution is 0.306. The molecule has 0 N–H and O–H groups in total. The van der Waals surface area contributed by atoms with Gasteiger partial charge in [-0.15, -0.1) is 0 Å². The minimum atomic E-state index is 0.335. The van der Waals surface area contributed by atoms with Crippen LogP contribution in [0, 0.1) is 11.3 Å². The minimum Gasteiger partial charge on any atom is -0.489 e. The topological polar surface area (TPSA) is 45.9 Å². The molecule has 17 heavy (non-hydrogen) atoms. The van der Waals surface area contributed by atoms with E-state index in [0.29, 0.717) is 23.1 Å². The normalized spacial score (nSPS) is 9.65. The second kappa shape index (κ2) is 5.33. The van der Waals surface area contributed by atoms with Crippen molar-refractivity contribution >= 4 is 11.6 Å². The Kier molecular flexibility index (Phi) is 3.59. The van der Waals surface area contributed by atoms with E-state index >= 15 is 0 Å². The lowest BCUT2D eigenvalue weighted by Gasteiger charge is -2.07. The van der Waals surface area contributed by atoms with Crippen LogP contribution in [-0.4, -0.2) is 4.98 Å². The Morgan fingerprint density at radius 1 is 1.29 bits per heavy atom. The zero-order chi connectivity index (χ0) is 12.1. The third-order valence-electron chi connectivity index (χ3n) is 2.20. The molecular formula is C13H9ClN2O.